The van der Waals surface area contributed by atoms with Crippen LogP contribution in [0.15, 0.2) is 42.0 Å². The second-order valence-corrected chi connectivity index (χ2v) is 7.83. The molecule has 2 amide bonds. The van der Waals surface area contributed by atoms with Crippen molar-refractivity contribution in [2.24, 2.45) is 17.8 Å². The van der Waals surface area contributed by atoms with Crippen LogP contribution in [0.2, 0.25) is 0 Å². The number of ether oxygens (including phenoxy) is 1. The van der Waals surface area contributed by atoms with Gasteiger partial charge in [-0.05, 0) is 49.3 Å². The number of anilines is 1. The topological polar surface area (TPSA) is 46.6 Å². The fourth-order valence-corrected chi connectivity index (χ4v) is 5.04. The quantitative estimate of drug-likeness (QED) is 0.604. The zero-order chi connectivity index (χ0) is 18.1. The van der Waals surface area contributed by atoms with Crippen molar-refractivity contribution in [3.8, 4) is 0 Å². The highest BCUT2D eigenvalue weighted by molar-refractivity contribution is 6.22. The lowest BCUT2D eigenvalue weighted by Crippen LogP contribution is -2.32. The Bertz CT molecular complexity index is 705. The lowest BCUT2D eigenvalue weighted by Gasteiger charge is -2.34. The van der Waals surface area contributed by atoms with Gasteiger partial charge < -0.3 is 4.74 Å². The molecule has 3 aliphatic rings. The molecule has 2 aliphatic carbocycles. The summed E-state index contributed by atoms with van der Waals surface area (Å²) in [4.78, 5) is 27.3. The van der Waals surface area contributed by atoms with E-state index in [1.807, 2.05) is 30.3 Å². The van der Waals surface area contributed by atoms with Crippen molar-refractivity contribution < 1.29 is 14.3 Å². The van der Waals surface area contributed by atoms with Crippen molar-refractivity contribution in [1.82, 2.24) is 0 Å². The summed E-state index contributed by atoms with van der Waals surface area (Å²) < 4.78 is 5.87. The average molecular weight is 353 g/mol. The van der Waals surface area contributed by atoms with Gasteiger partial charge in [0.05, 0.1) is 23.6 Å². The van der Waals surface area contributed by atoms with Crippen molar-refractivity contribution in [1.29, 1.82) is 0 Å². The Morgan fingerprint density at radius 3 is 2.38 bits per heavy atom. The van der Waals surface area contributed by atoms with E-state index in [2.05, 4.69) is 6.08 Å². The fraction of sp³-hybridized carbons (Fsp3) is 0.545. The average Bonchev–Trinajstić information content (AvgIpc) is 2.94. The van der Waals surface area contributed by atoms with Crippen LogP contribution in [0, 0.1) is 17.8 Å². The zero-order valence-electron chi connectivity index (χ0n) is 15.4. The first-order chi connectivity index (χ1) is 12.7. The summed E-state index contributed by atoms with van der Waals surface area (Å²) in [6.45, 7) is 0. The van der Waals surface area contributed by atoms with Crippen molar-refractivity contribution in [3.05, 3.63) is 42.0 Å². The molecule has 0 bridgehead atoms. The fourth-order valence-electron chi connectivity index (χ4n) is 5.04. The van der Waals surface area contributed by atoms with Gasteiger partial charge >= 0.3 is 0 Å². The number of amides is 2. The smallest absolute Gasteiger partial charge is 0.238 e. The van der Waals surface area contributed by atoms with Crippen molar-refractivity contribution in [2.75, 3.05) is 12.0 Å². The molecule has 0 spiro atoms. The Hall–Kier alpha value is -1.94. The molecule has 0 radical (unpaired) electrons. The summed E-state index contributed by atoms with van der Waals surface area (Å²) in [5.74, 6) is 0.0108. The molecule has 26 heavy (non-hydrogen) atoms. The van der Waals surface area contributed by atoms with Gasteiger partial charge in [-0.25, -0.2) is 0 Å². The number of hydrogen-bond donors (Lipinski definition) is 0. The van der Waals surface area contributed by atoms with E-state index in [0.29, 0.717) is 24.4 Å². The van der Waals surface area contributed by atoms with Crippen LogP contribution >= 0.6 is 0 Å². The summed E-state index contributed by atoms with van der Waals surface area (Å²) in [7, 11) is 1.78. The van der Waals surface area contributed by atoms with E-state index in [9.17, 15) is 9.59 Å². The van der Waals surface area contributed by atoms with Crippen LogP contribution in [0.25, 0.3) is 0 Å². The van der Waals surface area contributed by atoms with E-state index in [0.717, 1.165) is 0 Å². The van der Waals surface area contributed by atoms with Gasteiger partial charge in [0.25, 0.3) is 0 Å². The third kappa shape index (κ3) is 3.01. The first-order valence-corrected chi connectivity index (χ1v) is 9.85. The molecule has 4 heteroatoms. The molecule has 2 fully saturated rings. The molecule has 1 aliphatic heterocycles. The molecule has 4 nitrogen and oxygen atoms in total. The largest absolute Gasteiger partial charge is 0.377 e. The van der Waals surface area contributed by atoms with Gasteiger partial charge in [0.2, 0.25) is 11.8 Å². The number of carbonyl (C=O) groups is 2. The monoisotopic (exact) mass is 353 g/mol. The van der Waals surface area contributed by atoms with Gasteiger partial charge in [0, 0.05) is 7.11 Å². The number of rotatable bonds is 4. The van der Waals surface area contributed by atoms with Crippen LogP contribution in [0.5, 0.6) is 0 Å². The van der Waals surface area contributed by atoms with Gasteiger partial charge in [-0.2, -0.15) is 0 Å². The molecule has 3 atom stereocenters. The minimum Gasteiger partial charge on any atom is -0.377 e. The maximum Gasteiger partial charge on any atom is 0.238 e. The van der Waals surface area contributed by atoms with Crippen LogP contribution in [-0.4, -0.2) is 25.0 Å². The number of para-hydroxylation sites is 1. The van der Waals surface area contributed by atoms with Crippen LogP contribution in [0.1, 0.15) is 44.9 Å². The normalized spacial score (nSPS) is 28.0. The summed E-state index contributed by atoms with van der Waals surface area (Å²) >= 11 is 0. The predicted octanol–water partition coefficient (Wildman–Crippen LogP) is 4.11. The Morgan fingerprint density at radius 1 is 1.00 bits per heavy atom. The number of hydrogen-bond acceptors (Lipinski definition) is 3. The molecule has 0 aromatic heterocycles. The third-order valence-corrected chi connectivity index (χ3v) is 6.36. The molecular formula is C22H27NO3. The maximum atomic E-state index is 13.0. The highest BCUT2D eigenvalue weighted by atomic mass is 16.5. The first-order valence-electron chi connectivity index (χ1n) is 9.85. The molecule has 138 valence electrons. The molecule has 0 N–H and O–H groups in total. The Kier molecular flexibility index (Phi) is 4.94. The molecular weight excluding hydrogens is 326 g/mol. The predicted molar refractivity (Wildman–Crippen MR) is 101 cm³/mol. The number of carbonyl (C=O) groups excluding carboxylic acids is 2. The van der Waals surface area contributed by atoms with Crippen LogP contribution in [0.4, 0.5) is 5.69 Å². The van der Waals surface area contributed by atoms with Crippen LogP contribution in [-0.2, 0) is 14.3 Å². The SMILES string of the molecule is CO[C@H](C1=CC[C@@H]2C(=O)N(c3ccccc3)C(=O)[C@@H]2C1)C1CCCCC1. The van der Waals surface area contributed by atoms with Gasteiger partial charge in [-0.1, -0.05) is 43.5 Å². The third-order valence-electron chi connectivity index (χ3n) is 6.36. The Balaban J connectivity index is 1.54. The van der Waals surface area contributed by atoms with E-state index < -0.39 is 0 Å². The Morgan fingerprint density at radius 2 is 1.69 bits per heavy atom. The Labute approximate surface area is 155 Å². The minimum atomic E-state index is -0.232. The number of methoxy groups -OCH3 is 1. The van der Waals surface area contributed by atoms with E-state index in [1.54, 1.807) is 7.11 Å². The van der Waals surface area contributed by atoms with Gasteiger partial charge in [0.15, 0.2) is 0 Å². The summed E-state index contributed by atoms with van der Waals surface area (Å²) in [6, 6.07) is 9.30. The molecule has 0 unspecified atom stereocenters. The highest BCUT2D eigenvalue weighted by Gasteiger charge is 2.50. The number of allylic oxidation sites excluding steroid dienone is 1. The molecule has 1 aromatic rings. The van der Waals surface area contributed by atoms with E-state index in [1.165, 1.54) is 42.6 Å². The van der Waals surface area contributed by atoms with Crippen LogP contribution in [0.3, 0.4) is 0 Å². The lowest BCUT2D eigenvalue weighted by molar-refractivity contribution is -0.122. The van der Waals surface area contributed by atoms with Crippen molar-refractivity contribution in [2.45, 2.75) is 51.0 Å². The number of imide groups is 1. The lowest BCUT2D eigenvalue weighted by atomic mass is 9.75. The minimum absolute atomic E-state index is 0.0460. The van der Waals surface area contributed by atoms with E-state index >= 15 is 0 Å². The number of nitrogens with zero attached hydrogens (tertiary/aromatic N) is 1. The first kappa shape index (κ1) is 17.5. The molecule has 1 heterocycles. The van der Waals surface area contributed by atoms with E-state index in [-0.39, 0.29) is 29.8 Å². The summed E-state index contributed by atoms with van der Waals surface area (Å²) in [5.41, 5.74) is 1.92. The maximum absolute atomic E-state index is 13.0. The summed E-state index contributed by atoms with van der Waals surface area (Å²) in [5, 5.41) is 0. The highest BCUT2D eigenvalue weighted by Crippen LogP contribution is 2.43. The standard InChI is InChI=1S/C22H27NO3/c1-26-20(15-8-4-2-5-9-15)16-12-13-18-19(14-16)22(25)23(21(18)24)17-10-6-3-7-11-17/h3,6-7,10-12,15,18-20H,2,4-5,8-9,13-14H2,1H3/t18-,19+,20-/m0/s1. The van der Waals surface area contributed by atoms with Crippen molar-refractivity contribution >= 4 is 17.5 Å². The van der Waals surface area contributed by atoms with Gasteiger partial charge in [-0.15, -0.1) is 0 Å². The molecule has 1 saturated carbocycles. The van der Waals surface area contributed by atoms with Crippen molar-refractivity contribution in [3.63, 3.8) is 0 Å². The molecule has 4 rings (SSSR count). The van der Waals surface area contributed by atoms with Gasteiger partial charge in [-0.3, -0.25) is 14.5 Å². The summed E-state index contributed by atoms with van der Waals surface area (Å²) in [6.07, 6.45) is 9.85. The van der Waals surface area contributed by atoms with E-state index in [4.69, 9.17) is 4.74 Å². The second kappa shape index (κ2) is 7.36. The van der Waals surface area contributed by atoms with Gasteiger partial charge in [0.1, 0.15) is 0 Å². The zero-order valence-corrected chi connectivity index (χ0v) is 15.4. The number of benzene rings is 1. The molecule has 1 saturated heterocycles. The molecule has 1 aromatic carbocycles. The number of fused-ring (bicyclic) bond motifs is 1. The van der Waals surface area contributed by atoms with Crippen LogP contribution < -0.4 is 4.90 Å². The second-order valence-electron chi connectivity index (χ2n) is 7.83.